The molecule has 4 aliphatic rings. The van der Waals surface area contributed by atoms with Gasteiger partial charge in [0.15, 0.2) is 6.29 Å². The smallest absolute Gasteiger partial charge is 0.344 e. The Balaban J connectivity index is 1.32. The highest BCUT2D eigenvalue weighted by Crippen LogP contribution is 2.66. The molecule has 0 N–H and O–H groups in total. The summed E-state index contributed by atoms with van der Waals surface area (Å²) in [5.74, 6) is 0.433. The Morgan fingerprint density at radius 3 is 2.54 bits per heavy atom. The summed E-state index contributed by atoms with van der Waals surface area (Å²) in [4.78, 5) is 12.2. The highest BCUT2D eigenvalue weighted by atomic mass is 19.1. The van der Waals surface area contributed by atoms with Crippen LogP contribution in [-0.2, 0) is 14.2 Å². The lowest BCUT2D eigenvalue weighted by atomic mass is 9.42. The van der Waals surface area contributed by atoms with Crippen LogP contribution >= 0.6 is 0 Å². The van der Waals surface area contributed by atoms with E-state index in [1.165, 1.54) is 45.3 Å². The van der Waals surface area contributed by atoms with Crippen LogP contribution in [-0.4, -0.2) is 38.7 Å². The van der Waals surface area contributed by atoms with Gasteiger partial charge in [-0.25, -0.2) is 9.18 Å². The fourth-order valence-electron chi connectivity index (χ4n) is 8.87. The predicted molar refractivity (Wildman–Crippen MR) is 140 cm³/mol. The number of carbonyl (C=O) groups is 1. The van der Waals surface area contributed by atoms with E-state index < -0.39 is 11.8 Å². The van der Waals surface area contributed by atoms with Crippen molar-refractivity contribution in [2.24, 2.45) is 34.0 Å². The number of fused-ring (bicyclic) bond motifs is 3. The van der Waals surface area contributed by atoms with E-state index >= 15 is 0 Å². The highest BCUT2D eigenvalue weighted by molar-refractivity contribution is 5.92. The van der Waals surface area contributed by atoms with Gasteiger partial charge in [0.2, 0.25) is 0 Å². The van der Waals surface area contributed by atoms with Gasteiger partial charge in [0.1, 0.15) is 17.1 Å². The van der Waals surface area contributed by atoms with Gasteiger partial charge in [0, 0.05) is 11.3 Å². The van der Waals surface area contributed by atoms with E-state index in [1.807, 2.05) is 0 Å². The average molecular weight is 517 g/mol. The van der Waals surface area contributed by atoms with Crippen molar-refractivity contribution in [2.75, 3.05) is 20.3 Å². The van der Waals surface area contributed by atoms with E-state index in [9.17, 15) is 9.18 Å². The van der Waals surface area contributed by atoms with Crippen molar-refractivity contribution < 1.29 is 28.1 Å². The number of hydrogen-bond donors (Lipinski definition) is 0. The third-order valence-electron chi connectivity index (χ3n) is 10.8. The van der Waals surface area contributed by atoms with Crippen molar-refractivity contribution >= 4 is 5.97 Å². The first kappa shape index (κ1) is 26.9. The molecule has 1 unspecified atom stereocenters. The Morgan fingerprint density at radius 2 is 1.81 bits per heavy atom. The van der Waals surface area contributed by atoms with Crippen LogP contribution < -0.4 is 4.74 Å². The Bertz CT molecular complexity index is 988. The summed E-state index contributed by atoms with van der Waals surface area (Å²) >= 11 is 0. The van der Waals surface area contributed by atoms with Gasteiger partial charge in [0.05, 0.1) is 26.4 Å². The molecule has 37 heavy (non-hydrogen) atoms. The number of carbonyl (C=O) groups excluding carboxylic acids is 1. The van der Waals surface area contributed by atoms with Crippen LogP contribution in [0, 0.1) is 39.8 Å². The van der Waals surface area contributed by atoms with Crippen LogP contribution in [0.1, 0.15) is 95.8 Å². The molecule has 1 aromatic rings. The maximum absolute atomic E-state index is 14.4. The number of benzene rings is 1. The second-order valence-electron chi connectivity index (χ2n) is 13.3. The summed E-state index contributed by atoms with van der Waals surface area (Å²) in [5.41, 5.74) is 0.181. The largest absolute Gasteiger partial charge is 0.493 e. The van der Waals surface area contributed by atoms with E-state index in [0.29, 0.717) is 24.4 Å². The number of hydrogen-bond acceptors (Lipinski definition) is 5. The number of ether oxygens (including phenoxy) is 4. The first-order chi connectivity index (χ1) is 17.6. The number of methoxy groups -OCH3 is 1. The Morgan fingerprint density at radius 1 is 1.05 bits per heavy atom. The van der Waals surface area contributed by atoms with Crippen LogP contribution in [0.15, 0.2) is 18.2 Å². The summed E-state index contributed by atoms with van der Waals surface area (Å²) in [6.45, 7) is 10.9. The average Bonchev–Trinajstić information content (AvgIpc) is 3.39. The third kappa shape index (κ3) is 4.71. The minimum atomic E-state index is -0.711. The van der Waals surface area contributed by atoms with E-state index in [1.54, 1.807) is 12.1 Å². The molecule has 1 saturated heterocycles. The van der Waals surface area contributed by atoms with Crippen LogP contribution in [0.4, 0.5) is 4.39 Å². The summed E-state index contributed by atoms with van der Waals surface area (Å²) in [5, 5.41) is 0. The van der Waals surface area contributed by atoms with Gasteiger partial charge in [-0.3, -0.25) is 0 Å². The first-order valence-electron chi connectivity index (χ1n) is 14.4. The monoisotopic (exact) mass is 516 g/mol. The molecular formula is C31H45FO5. The molecule has 4 fully saturated rings. The minimum absolute atomic E-state index is 0.0122. The first-order valence-corrected chi connectivity index (χ1v) is 14.4. The molecule has 0 bridgehead atoms. The zero-order valence-electron chi connectivity index (χ0n) is 23.3. The Hall–Kier alpha value is -1.66. The molecule has 1 aliphatic heterocycles. The molecule has 0 aromatic heterocycles. The van der Waals surface area contributed by atoms with E-state index in [0.717, 1.165) is 32.3 Å². The molecule has 1 aromatic carbocycles. The Kier molecular flexibility index (Phi) is 7.38. The molecule has 5 rings (SSSR count). The van der Waals surface area contributed by atoms with Crippen molar-refractivity contribution in [2.45, 2.75) is 97.9 Å². The van der Waals surface area contributed by atoms with Gasteiger partial charge in [-0.15, -0.1) is 0 Å². The molecule has 0 spiro atoms. The molecule has 6 atom stereocenters. The van der Waals surface area contributed by atoms with Crippen molar-refractivity contribution in [3.05, 3.63) is 29.6 Å². The highest BCUT2D eigenvalue weighted by Gasteiger charge is 2.62. The lowest BCUT2D eigenvalue weighted by Gasteiger charge is -2.65. The normalized spacial score (nSPS) is 37.5. The van der Waals surface area contributed by atoms with Gasteiger partial charge < -0.3 is 18.9 Å². The van der Waals surface area contributed by atoms with Crippen LogP contribution in [0.2, 0.25) is 0 Å². The van der Waals surface area contributed by atoms with Crippen molar-refractivity contribution in [1.29, 1.82) is 0 Å². The molecular weight excluding hydrogens is 471 g/mol. The molecule has 3 saturated carbocycles. The number of halogens is 1. The second-order valence-corrected chi connectivity index (χ2v) is 13.3. The quantitative estimate of drug-likeness (QED) is 0.375. The number of esters is 1. The second kappa shape index (κ2) is 10.1. The van der Waals surface area contributed by atoms with Gasteiger partial charge in [-0.1, -0.05) is 46.6 Å². The molecule has 0 radical (unpaired) electrons. The van der Waals surface area contributed by atoms with E-state index in [4.69, 9.17) is 18.9 Å². The van der Waals surface area contributed by atoms with Crippen LogP contribution in [0.5, 0.6) is 5.75 Å². The fourth-order valence-corrected chi connectivity index (χ4v) is 8.87. The van der Waals surface area contributed by atoms with Crippen molar-refractivity contribution in [3.8, 4) is 5.75 Å². The molecule has 0 amide bonds. The van der Waals surface area contributed by atoms with Crippen LogP contribution in [0.3, 0.4) is 0 Å². The van der Waals surface area contributed by atoms with E-state index in [2.05, 4.69) is 27.7 Å². The topological polar surface area (TPSA) is 54.0 Å². The summed E-state index contributed by atoms with van der Waals surface area (Å²) in [7, 11) is 1.26. The maximum atomic E-state index is 14.4. The minimum Gasteiger partial charge on any atom is -0.493 e. The van der Waals surface area contributed by atoms with Gasteiger partial charge in [-0.05, 0) is 79.7 Å². The third-order valence-corrected chi connectivity index (χ3v) is 10.8. The summed E-state index contributed by atoms with van der Waals surface area (Å²) in [6.07, 6.45) is 10.7. The standard InChI is InChI=1S/C31H45FO5/c1-29(2)16-13-24-30(3,17-14-25-31(24,4)19-36-28(37-25)20-9-6-7-10-20)23(29)15-18-35-22-12-8-11-21(32)26(22)27(33)34-5/h8,11-12,20,23-25,28H,6-7,9-10,13-19H2,1-5H3/t23-,24?,25-,28-,30+,31+/m1/s1. The lowest BCUT2D eigenvalue weighted by Crippen LogP contribution is -2.63. The molecule has 5 nitrogen and oxygen atoms in total. The summed E-state index contributed by atoms with van der Waals surface area (Å²) < 4.78 is 38.5. The zero-order valence-corrected chi connectivity index (χ0v) is 23.3. The molecule has 6 heteroatoms. The summed E-state index contributed by atoms with van der Waals surface area (Å²) in [6, 6.07) is 4.48. The number of rotatable bonds is 6. The SMILES string of the molecule is COC(=O)c1c(F)cccc1OCC[C@@H]1C(C)(C)CCC2[C@]3(C)CO[C@@H](C4CCCC4)O[C@@H]3CC[C@]21C. The van der Waals surface area contributed by atoms with Crippen LogP contribution in [0.25, 0.3) is 0 Å². The van der Waals surface area contributed by atoms with E-state index in [-0.39, 0.29) is 40.0 Å². The maximum Gasteiger partial charge on any atom is 0.344 e. The van der Waals surface area contributed by atoms with Crippen molar-refractivity contribution in [3.63, 3.8) is 0 Å². The van der Waals surface area contributed by atoms with Gasteiger partial charge >= 0.3 is 5.97 Å². The predicted octanol–water partition coefficient (Wildman–Crippen LogP) is 7.17. The molecule has 206 valence electrons. The zero-order chi connectivity index (χ0) is 26.4. The lowest BCUT2D eigenvalue weighted by molar-refractivity contribution is -0.322. The fraction of sp³-hybridized carbons (Fsp3) is 0.774. The molecule has 1 heterocycles. The van der Waals surface area contributed by atoms with Crippen molar-refractivity contribution in [1.82, 2.24) is 0 Å². The van der Waals surface area contributed by atoms with Gasteiger partial charge in [-0.2, -0.15) is 0 Å². The molecule has 3 aliphatic carbocycles. The van der Waals surface area contributed by atoms with Gasteiger partial charge in [0.25, 0.3) is 0 Å². The Labute approximate surface area is 221 Å².